The van der Waals surface area contributed by atoms with Crippen molar-refractivity contribution in [1.29, 1.82) is 0 Å². The summed E-state index contributed by atoms with van der Waals surface area (Å²) in [7, 11) is 0. The molecule has 2 rings (SSSR count). The maximum atomic E-state index is 12.2. The van der Waals surface area contributed by atoms with Crippen LogP contribution in [0.5, 0.6) is 0 Å². The highest BCUT2D eigenvalue weighted by Crippen LogP contribution is 2.20. The molecular weight excluding hydrogens is 334 g/mol. The van der Waals surface area contributed by atoms with Crippen molar-refractivity contribution < 1.29 is 4.79 Å². The third-order valence-corrected chi connectivity index (χ3v) is 4.10. The number of hydrogen-bond acceptors (Lipinski definition) is 2. The lowest BCUT2D eigenvalue weighted by molar-refractivity contribution is 0.0950. The molecule has 20 heavy (non-hydrogen) atoms. The third kappa shape index (κ3) is 3.87. The van der Waals surface area contributed by atoms with E-state index in [9.17, 15) is 4.79 Å². The lowest BCUT2D eigenvalue weighted by atomic mass is 10.0. The number of thiol groups is 1. The first-order valence-corrected chi connectivity index (χ1v) is 7.63. The topological polar surface area (TPSA) is 29.1 Å². The average Bonchev–Trinajstić information content (AvgIpc) is 2.47. The van der Waals surface area contributed by atoms with Crippen LogP contribution in [0.3, 0.4) is 0 Å². The van der Waals surface area contributed by atoms with Gasteiger partial charge in [0, 0.05) is 15.9 Å². The smallest absolute Gasteiger partial charge is 0.252 e. The Morgan fingerprint density at radius 1 is 1.25 bits per heavy atom. The van der Waals surface area contributed by atoms with Gasteiger partial charge >= 0.3 is 0 Å². The van der Waals surface area contributed by atoms with Crippen molar-refractivity contribution in [2.24, 2.45) is 0 Å². The van der Waals surface area contributed by atoms with Crippen LogP contribution in [0.4, 0.5) is 0 Å². The molecule has 0 aliphatic rings. The van der Waals surface area contributed by atoms with Gasteiger partial charge in [-0.3, -0.25) is 4.79 Å². The Balaban J connectivity index is 2.00. The zero-order chi connectivity index (χ0) is 14.5. The van der Waals surface area contributed by atoms with Crippen molar-refractivity contribution in [3.05, 3.63) is 64.1 Å². The minimum absolute atomic E-state index is 0.0874. The molecular formula is C16H16BrNOS. The summed E-state index contributed by atoms with van der Waals surface area (Å²) in [4.78, 5) is 13.0. The zero-order valence-electron chi connectivity index (χ0n) is 11.1. The second-order valence-corrected chi connectivity index (χ2v) is 6.06. The van der Waals surface area contributed by atoms with E-state index in [-0.39, 0.29) is 11.8 Å². The van der Waals surface area contributed by atoms with E-state index in [2.05, 4.69) is 52.9 Å². The molecule has 104 valence electrons. The monoisotopic (exact) mass is 349 g/mol. The minimum Gasteiger partial charge on any atom is -0.351 e. The summed E-state index contributed by atoms with van der Waals surface area (Å²) in [6.45, 7) is 2.70. The van der Waals surface area contributed by atoms with Crippen molar-refractivity contribution in [2.75, 3.05) is 6.54 Å². The number of carbonyl (C=O) groups is 1. The quantitative estimate of drug-likeness (QED) is 0.793. The average molecular weight is 350 g/mol. The normalized spacial score (nSPS) is 11.9. The first-order valence-electron chi connectivity index (χ1n) is 6.39. The molecule has 0 bridgehead atoms. The van der Waals surface area contributed by atoms with Gasteiger partial charge in [0.25, 0.3) is 5.91 Å². The van der Waals surface area contributed by atoms with E-state index >= 15 is 0 Å². The highest BCUT2D eigenvalue weighted by atomic mass is 79.9. The van der Waals surface area contributed by atoms with Gasteiger partial charge in [0.05, 0.1) is 5.56 Å². The number of hydrogen-bond donors (Lipinski definition) is 2. The fraction of sp³-hybridized carbons (Fsp3) is 0.188. The van der Waals surface area contributed by atoms with Crippen LogP contribution in [-0.4, -0.2) is 12.5 Å². The van der Waals surface area contributed by atoms with Crippen molar-refractivity contribution in [3.8, 4) is 0 Å². The Kier molecular flexibility index (Phi) is 5.26. The minimum atomic E-state index is -0.0874. The van der Waals surface area contributed by atoms with E-state index < -0.39 is 0 Å². The summed E-state index contributed by atoms with van der Waals surface area (Å²) in [5.41, 5.74) is 1.83. The van der Waals surface area contributed by atoms with Crippen LogP contribution in [0.15, 0.2) is 57.9 Å². The van der Waals surface area contributed by atoms with Gasteiger partial charge in [-0.25, -0.2) is 0 Å². The summed E-state index contributed by atoms with van der Waals surface area (Å²) >= 11 is 7.65. The molecule has 2 aromatic rings. The van der Waals surface area contributed by atoms with Crippen molar-refractivity contribution in [1.82, 2.24) is 5.32 Å². The zero-order valence-corrected chi connectivity index (χ0v) is 13.6. The summed E-state index contributed by atoms with van der Waals surface area (Å²) in [5, 5.41) is 2.96. The molecule has 0 saturated carbocycles. The van der Waals surface area contributed by atoms with Crippen LogP contribution >= 0.6 is 28.6 Å². The molecule has 0 heterocycles. The van der Waals surface area contributed by atoms with Gasteiger partial charge in [-0.2, -0.15) is 0 Å². The van der Waals surface area contributed by atoms with Crippen LogP contribution in [-0.2, 0) is 0 Å². The van der Waals surface area contributed by atoms with E-state index in [1.165, 1.54) is 5.56 Å². The molecule has 1 atom stereocenters. The second kappa shape index (κ2) is 6.95. The van der Waals surface area contributed by atoms with Crippen molar-refractivity contribution in [2.45, 2.75) is 17.7 Å². The van der Waals surface area contributed by atoms with E-state index in [4.69, 9.17) is 0 Å². The van der Waals surface area contributed by atoms with Gasteiger partial charge in [0.2, 0.25) is 0 Å². The van der Waals surface area contributed by atoms with Gasteiger partial charge in [-0.05, 0) is 45.6 Å². The van der Waals surface area contributed by atoms with Crippen LogP contribution in [0.2, 0.25) is 0 Å². The Morgan fingerprint density at radius 3 is 2.65 bits per heavy atom. The Bertz CT molecular complexity index is 601. The molecule has 0 fully saturated rings. The largest absolute Gasteiger partial charge is 0.351 e. The van der Waals surface area contributed by atoms with Crippen molar-refractivity contribution in [3.63, 3.8) is 0 Å². The molecule has 2 aromatic carbocycles. The van der Waals surface area contributed by atoms with Crippen LogP contribution < -0.4 is 5.32 Å². The number of nitrogens with one attached hydrogen (secondary N) is 1. The molecule has 0 spiro atoms. The molecule has 1 unspecified atom stereocenters. The van der Waals surface area contributed by atoms with Gasteiger partial charge in [0.15, 0.2) is 0 Å². The fourth-order valence-electron chi connectivity index (χ4n) is 1.93. The molecule has 0 aliphatic carbocycles. The molecule has 1 N–H and O–H groups in total. The van der Waals surface area contributed by atoms with Gasteiger partial charge in [-0.1, -0.05) is 37.3 Å². The van der Waals surface area contributed by atoms with E-state index in [1.807, 2.05) is 30.3 Å². The molecule has 0 saturated heterocycles. The van der Waals surface area contributed by atoms with E-state index in [0.29, 0.717) is 12.1 Å². The SMILES string of the molecule is CC(CNC(=O)c1cc(S)ccc1Br)c1ccccc1. The van der Waals surface area contributed by atoms with Crippen LogP contribution in [0.25, 0.3) is 0 Å². The van der Waals surface area contributed by atoms with Crippen LogP contribution in [0.1, 0.15) is 28.8 Å². The number of amides is 1. The van der Waals surface area contributed by atoms with Crippen molar-refractivity contribution >= 4 is 34.5 Å². The van der Waals surface area contributed by atoms with Crippen LogP contribution in [0, 0.1) is 0 Å². The standard InChI is InChI=1S/C16H16BrNOS/c1-11(12-5-3-2-4-6-12)10-18-16(19)14-9-13(20)7-8-15(14)17/h2-9,11,20H,10H2,1H3,(H,18,19). The predicted octanol–water partition coefficient (Wildman–Crippen LogP) is 4.27. The van der Waals surface area contributed by atoms with Gasteiger partial charge < -0.3 is 5.32 Å². The Labute approximate surface area is 133 Å². The Morgan fingerprint density at radius 2 is 1.95 bits per heavy atom. The second-order valence-electron chi connectivity index (χ2n) is 4.69. The van der Waals surface area contributed by atoms with Gasteiger partial charge in [0.1, 0.15) is 0 Å². The molecule has 0 aliphatic heterocycles. The molecule has 1 amide bonds. The summed E-state index contributed by atoms with van der Waals surface area (Å²) < 4.78 is 0.778. The fourth-order valence-corrected chi connectivity index (χ4v) is 2.56. The number of carbonyl (C=O) groups excluding carboxylic acids is 1. The highest BCUT2D eigenvalue weighted by molar-refractivity contribution is 9.10. The molecule has 4 heteroatoms. The third-order valence-electron chi connectivity index (χ3n) is 3.13. The summed E-state index contributed by atoms with van der Waals surface area (Å²) in [6.07, 6.45) is 0. The van der Waals surface area contributed by atoms with E-state index in [0.717, 1.165) is 9.37 Å². The number of halogens is 1. The first kappa shape index (κ1) is 15.1. The predicted molar refractivity (Wildman–Crippen MR) is 88.6 cm³/mol. The maximum Gasteiger partial charge on any atom is 0.252 e. The Hall–Kier alpha value is -1.26. The highest BCUT2D eigenvalue weighted by Gasteiger charge is 2.12. The first-order chi connectivity index (χ1) is 9.58. The number of benzene rings is 2. The maximum absolute atomic E-state index is 12.2. The summed E-state index contributed by atoms with van der Waals surface area (Å²) in [6, 6.07) is 15.6. The molecule has 0 radical (unpaired) electrons. The lowest BCUT2D eigenvalue weighted by Crippen LogP contribution is -2.27. The van der Waals surface area contributed by atoms with E-state index in [1.54, 1.807) is 6.07 Å². The lowest BCUT2D eigenvalue weighted by Gasteiger charge is -2.13. The molecule has 2 nitrogen and oxygen atoms in total. The van der Waals surface area contributed by atoms with Gasteiger partial charge in [-0.15, -0.1) is 12.6 Å². The number of rotatable bonds is 4. The molecule has 0 aromatic heterocycles. The summed E-state index contributed by atoms with van der Waals surface area (Å²) in [5.74, 6) is 0.189.